The summed E-state index contributed by atoms with van der Waals surface area (Å²) >= 11 is 0. The van der Waals surface area contributed by atoms with Crippen molar-refractivity contribution in [2.75, 3.05) is 45.4 Å². The summed E-state index contributed by atoms with van der Waals surface area (Å²) in [6.45, 7) is 6.86. The molecular weight excluding hydrogens is 505 g/mol. The number of rotatable bonds is 11. The number of methoxy groups -OCH3 is 1. The lowest BCUT2D eigenvalue weighted by atomic mass is 10.1. The monoisotopic (exact) mass is 539 g/mol. The molecule has 0 heterocycles. The first kappa shape index (κ1) is 26.0. The Morgan fingerprint density at radius 1 is 1.24 bits per heavy atom. The molecule has 1 aromatic rings. The molecule has 9 heteroatoms. The second-order valence-electron chi connectivity index (χ2n) is 7.57. The topological polar surface area (TPSA) is 89.0 Å². The molecule has 1 aliphatic carbocycles. The van der Waals surface area contributed by atoms with Crippen LogP contribution in [0.1, 0.15) is 30.9 Å². The SMILES string of the molecule is CCNC(=NCc1ccc(C)cc1OCCOC)NCC1(CS(C)(=O)=O)CC1.I. The average molecular weight is 539 g/mol. The molecule has 1 aliphatic rings. The fourth-order valence-electron chi connectivity index (χ4n) is 3.04. The quantitative estimate of drug-likeness (QED) is 0.195. The Morgan fingerprint density at radius 2 is 1.97 bits per heavy atom. The van der Waals surface area contributed by atoms with E-state index in [2.05, 4.69) is 15.6 Å². The van der Waals surface area contributed by atoms with Gasteiger partial charge < -0.3 is 20.1 Å². The van der Waals surface area contributed by atoms with E-state index in [-0.39, 0.29) is 35.1 Å². The molecule has 1 fully saturated rings. The van der Waals surface area contributed by atoms with Crippen LogP contribution >= 0.6 is 24.0 Å². The van der Waals surface area contributed by atoms with Crippen molar-refractivity contribution < 1.29 is 17.9 Å². The summed E-state index contributed by atoms with van der Waals surface area (Å²) in [5, 5.41) is 6.54. The number of halogens is 1. The van der Waals surface area contributed by atoms with Crippen LogP contribution in [0.2, 0.25) is 0 Å². The first-order chi connectivity index (χ1) is 13.3. The van der Waals surface area contributed by atoms with Gasteiger partial charge in [-0.3, -0.25) is 0 Å². The molecule has 0 aromatic heterocycles. The van der Waals surface area contributed by atoms with Crippen LogP contribution in [0, 0.1) is 12.3 Å². The maximum absolute atomic E-state index is 11.6. The highest BCUT2D eigenvalue weighted by Gasteiger charge is 2.45. The van der Waals surface area contributed by atoms with E-state index in [9.17, 15) is 8.42 Å². The van der Waals surface area contributed by atoms with Gasteiger partial charge in [0.2, 0.25) is 0 Å². The number of nitrogens with one attached hydrogen (secondary N) is 2. The third kappa shape index (κ3) is 9.52. The van der Waals surface area contributed by atoms with E-state index in [0.717, 1.165) is 36.3 Å². The van der Waals surface area contributed by atoms with Crippen LogP contribution in [0.3, 0.4) is 0 Å². The van der Waals surface area contributed by atoms with Gasteiger partial charge in [-0.2, -0.15) is 0 Å². The Hall–Kier alpha value is -1.07. The summed E-state index contributed by atoms with van der Waals surface area (Å²) in [4.78, 5) is 4.66. The van der Waals surface area contributed by atoms with Gasteiger partial charge in [0.15, 0.2) is 5.96 Å². The largest absolute Gasteiger partial charge is 0.491 e. The number of nitrogens with zero attached hydrogens (tertiary/aromatic N) is 1. The molecule has 7 nitrogen and oxygen atoms in total. The smallest absolute Gasteiger partial charge is 0.191 e. The van der Waals surface area contributed by atoms with E-state index in [1.54, 1.807) is 7.11 Å². The van der Waals surface area contributed by atoms with Gasteiger partial charge in [-0.25, -0.2) is 13.4 Å². The number of guanidine groups is 1. The number of hydrogen-bond donors (Lipinski definition) is 2. The molecule has 0 unspecified atom stereocenters. The van der Waals surface area contributed by atoms with Gasteiger partial charge in [-0.15, -0.1) is 24.0 Å². The number of benzene rings is 1. The van der Waals surface area contributed by atoms with Crippen LogP contribution in [-0.4, -0.2) is 59.8 Å². The molecule has 0 spiro atoms. The summed E-state index contributed by atoms with van der Waals surface area (Å²) in [6.07, 6.45) is 3.17. The van der Waals surface area contributed by atoms with Crippen molar-refractivity contribution in [2.24, 2.45) is 10.4 Å². The summed E-state index contributed by atoms with van der Waals surface area (Å²) in [7, 11) is -1.33. The Bertz CT molecular complexity index is 780. The van der Waals surface area contributed by atoms with Crippen molar-refractivity contribution >= 4 is 39.8 Å². The third-order valence-electron chi connectivity index (χ3n) is 4.68. The van der Waals surface area contributed by atoms with Crippen molar-refractivity contribution in [2.45, 2.75) is 33.2 Å². The lowest BCUT2D eigenvalue weighted by molar-refractivity contribution is 0.145. The molecule has 2 rings (SSSR count). The standard InChI is InChI=1S/C20H33N3O4S.HI/c1-5-21-19(23-14-20(8-9-20)15-28(4,24)25)22-13-17-7-6-16(2)12-18(17)27-11-10-26-3;/h6-7,12H,5,8-11,13-15H2,1-4H3,(H2,21,22,23);1H. The minimum Gasteiger partial charge on any atom is -0.491 e. The van der Waals surface area contributed by atoms with E-state index < -0.39 is 9.84 Å². The van der Waals surface area contributed by atoms with Crippen molar-refractivity contribution in [3.63, 3.8) is 0 Å². The lowest BCUT2D eigenvalue weighted by Crippen LogP contribution is -2.41. The molecule has 0 amide bonds. The van der Waals surface area contributed by atoms with E-state index in [1.807, 2.05) is 32.0 Å². The fourth-order valence-corrected chi connectivity index (χ4v) is 4.55. The molecule has 0 radical (unpaired) electrons. The molecule has 2 N–H and O–H groups in total. The summed E-state index contributed by atoms with van der Waals surface area (Å²) in [5.74, 6) is 1.72. The predicted molar refractivity (Wildman–Crippen MR) is 128 cm³/mol. The number of aryl methyl sites for hydroxylation is 1. The molecule has 166 valence electrons. The van der Waals surface area contributed by atoms with Gasteiger partial charge in [-0.1, -0.05) is 12.1 Å². The highest BCUT2D eigenvalue weighted by Crippen LogP contribution is 2.46. The molecule has 0 aliphatic heterocycles. The zero-order chi connectivity index (χ0) is 20.6. The summed E-state index contributed by atoms with van der Waals surface area (Å²) in [5.41, 5.74) is 1.97. The number of hydrogen-bond acceptors (Lipinski definition) is 5. The Kier molecular flexibility index (Phi) is 10.7. The number of ether oxygens (including phenoxy) is 2. The van der Waals surface area contributed by atoms with Crippen LogP contribution in [0.15, 0.2) is 23.2 Å². The molecule has 0 bridgehead atoms. The molecule has 0 atom stereocenters. The van der Waals surface area contributed by atoms with Gasteiger partial charge in [0.25, 0.3) is 0 Å². The van der Waals surface area contributed by atoms with Crippen LogP contribution in [0.5, 0.6) is 5.75 Å². The Balaban J connectivity index is 0.00000420. The molecule has 1 aromatic carbocycles. The lowest BCUT2D eigenvalue weighted by Gasteiger charge is -2.18. The molecule has 0 saturated heterocycles. The summed E-state index contributed by atoms with van der Waals surface area (Å²) < 4.78 is 34.2. The molecule has 29 heavy (non-hydrogen) atoms. The number of aliphatic imine (C=N–C) groups is 1. The van der Waals surface area contributed by atoms with Gasteiger partial charge in [0.05, 0.1) is 18.9 Å². The second-order valence-corrected chi connectivity index (χ2v) is 9.71. The van der Waals surface area contributed by atoms with Gasteiger partial charge in [0, 0.05) is 37.4 Å². The van der Waals surface area contributed by atoms with Crippen molar-refractivity contribution in [1.82, 2.24) is 10.6 Å². The number of sulfone groups is 1. The first-order valence-electron chi connectivity index (χ1n) is 9.68. The molecule has 1 saturated carbocycles. The molecular formula is C20H34IN3O4S. The van der Waals surface area contributed by atoms with E-state index in [0.29, 0.717) is 32.3 Å². The third-order valence-corrected chi connectivity index (χ3v) is 5.81. The second kappa shape index (κ2) is 11.9. The normalized spacial score (nSPS) is 15.4. The van der Waals surface area contributed by atoms with Crippen LogP contribution < -0.4 is 15.4 Å². The summed E-state index contributed by atoms with van der Waals surface area (Å²) in [6, 6.07) is 6.07. The highest BCUT2D eigenvalue weighted by molar-refractivity contribution is 14.0. The van der Waals surface area contributed by atoms with Gasteiger partial charge >= 0.3 is 0 Å². The van der Waals surface area contributed by atoms with Crippen LogP contribution in [0.25, 0.3) is 0 Å². The minimum absolute atomic E-state index is 0. The van der Waals surface area contributed by atoms with E-state index in [1.165, 1.54) is 6.26 Å². The van der Waals surface area contributed by atoms with Crippen molar-refractivity contribution in [3.8, 4) is 5.75 Å². The van der Waals surface area contributed by atoms with Crippen LogP contribution in [0.4, 0.5) is 0 Å². The zero-order valence-electron chi connectivity index (χ0n) is 17.8. The van der Waals surface area contributed by atoms with Gasteiger partial charge in [0.1, 0.15) is 22.2 Å². The maximum atomic E-state index is 11.6. The van der Waals surface area contributed by atoms with E-state index in [4.69, 9.17) is 9.47 Å². The fraction of sp³-hybridized carbons (Fsp3) is 0.650. The Labute approximate surface area is 192 Å². The van der Waals surface area contributed by atoms with E-state index >= 15 is 0 Å². The van der Waals surface area contributed by atoms with Gasteiger partial charge in [-0.05, 0) is 38.3 Å². The van der Waals surface area contributed by atoms with Crippen molar-refractivity contribution in [3.05, 3.63) is 29.3 Å². The maximum Gasteiger partial charge on any atom is 0.191 e. The Morgan fingerprint density at radius 3 is 2.55 bits per heavy atom. The first-order valence-corrected chi connectivity index (χ1v) is 11.7. The minimum atomic E-state index is -2.98. The van der Waals surface area contributed by atoms with Crippen LogP contribution in [-0.2, 0) is 21.1 Å². The predicted octanol–water partition coefficient (Wildman–Crippen LogP) is 2.52. The highest BCUT2D eigenvalue weighted by atomic mass is 127. The van der Waals surface area contributed by atoms with Crippen molar-refractivity contribution in [1.29, 1.82) is 0 Å². The average Bonchev–Trinajstić information content (AvgIpc) is 3.36. The zero-order valence-corrected chi connectivity index (χ0v) is 20.9.